The summed E-state index contributed by atoms with van der Waals surface area (Å²) in [6, 6.07) is 3.48. The lowest BCUT2D eigenvalue weighted by molar-refractivity contribution is 0.0759. The van der Waals surface area contributed by atoms with Crippen LogP contribution < -0.4 is 5.32 Å². The van der Waals surface area contributed by atoms with Crippen molar-refractivity contribution in [1.82, 2.24) is 20.0 Å². The Hall–Kier alpha value is -2.28. The summed E-state index contributed by atoms with van der Waals surface area (Å²) in [4.78, 5) is 15.2. The molecule has 5 nitrogen and oxygen atoms in total. The molecule has 1 aromatic carbocycles. The fourth-order valence-electron chi connectivity index (χ4n) is 4.30. The molecular weight excluding hydrogens is 362 g/mol. The number of piperidine rings is 1. The van der Waals surface area contributed by atoms with Crippen molar-refractivity contribution in [2.75, 3.05) is 26.2 Å². The van der Waals surface area contributed by atoms with Crippen LogP contribution in [0.4, 0.5) is 8.78 Å². The van der Waals surface area contributed by atoms with Crippen molar-refractivity contribution in [2.45, 2.75) is 44.4 Å². The number of likely N-dealkylation sites (tertiary alicyclic amines) is 1. The number of hydrogen-bond donors (Lipinski definition) is 1. The molecule has 1 aromatic heterocycles. The molecule has 0 bridgehead atoms. The summed E-state index contributed by atoms with van der Waals surface area (Å²) in [7, 11) is 0. The van der Waals surface area contributed by atoms with E-state index in [-0.39, 0.29) is 17.5 Å². The number of aromatic nitrogens is 2. The average Bonchev–Trinajstić information content (AvgIpc) is 2.95. The maximum absolute atomic E-state index is 14.5. The Balaban J connectivity index is 1.75. The zero-order chi connectivity index (χ0) is 19.5. The van der Waals surface area contributed by atoms with Crippen LogP contribution in [0.15, 0.2) is 24.4 Å². The predicted octanol–water partition coefficient (Wildman–Crippen LogP) is 3.63. The first-order valence-corrected chi connectivity index (χ1v) is 10.2. The zero-order valence-electron chi connectivity index (χ0n) is 16.0. The fraction of sp³-hybridized carbons (Fsp3) is 0.524. The van der Waals surface area contributed by atoms with Crippen LogP contribution in [0.3, 0.4) is 0 Å². The number of nitrogens with one attached hydrogen (secondary N) is 1. The minimum absolute atomic E-state index is 0.0239. The largest absolute Gasteiger partial charge is 0.339 e. The van der Waals surface area contributed by atoms with Gasteiger partial charge in [-0.05, 0) is 50.9 Å². The number of benzene rings is 1. The van der Waals surface area contributed by atoms with Crippen LogP contribution in [0.2, 0.25) is 0 Å². The van der Waals surface area contributed by atoms with E-state index in [0.29, 0.717) is 5.56 Å². The number of nitrogens with zero attached hydrogens (tertiary/aromatic N) is 3. The van der Waals surface area contributed by atoms with Crippen molar-refractivity contribution < 1.29 is 13.6 Å². The topological polar surface area (TPSA) is 50.2 Å². The van der Waals surface area contributed by atoms with Crippen molar-refractivity contribution in [1.29, 1.82) is 0 Å². The number of halogens is 2. The first kappa shape index (κ1) is 19.1. The average molecular weight is 388 g/mol. The Morgan fingerprint density at radius 1 is 1.07 bits per heavy atom. The van der Waals surface area contributed by atoms with Crippen LogP contribution in [0.1, 0.15) is 60.5 Å². The maximum Gasteiger partial charge on any atom is 0.257 e. The molecule has 2 saturated heterocycles. The highest BCUT2D eigenvalue weighted by Crippen LogP contribution is 2.32. The van der Waals surface area contributed by atoms with Crippen LogP contribution in [0.25, 0.3) is 5.69 Å². The Labute approximate surface area is 163 Å². The van der Waals surface area contributed by atoms with Crippen molar-refractivity contribution in [3.8, 4) is 5.69 Å². The highest BCUT2D eigenvalue weighted by Gasteiger charge is 2.30. The summed E-state index contributed by atoms with van der Waals surface area (Å²) < 4.78 is 29.4. The zero-order valence-corrected chi connectivity index (χ0v) is 16.0. The van der Waals surface area contributed by atoms with Gasteiger partial charge in [0, 0.05) is 25.1 Å². The third-order valence-electron chi connectivity index (χ3n) is 5.79. The van der Waals surface area contributed by atoms with Gasteiger partial charge in [-0.3, -0.25) is 4.79 Å². The predicted molar refractivity (Wildman–Crippen MR) is 103 cm³/mol. The molecule has 28 heavy (non-hydrogen) atoms. The molecular formula is C21H26F2N4O. The van der Waals surface area contributed by atoms with E-state index >= 15 is 0 Å². The first-order chi connectivity index (χ1) is 13.6. The molecule has 0 spiro atoms. The van der Waals surface area contributed by atoms with E-state index in [1.54, 1.807) is 6.20 Å². The molecule has 7 heteroatoms. The first-order valence-electron chi connectivity index (χ1n) is 10.2. The fourth-order valence-corrected chi connectivity index (χ4v) is 4.30. The highest BCUT2D eigenvalue weighted by atomic mass is 19.1. The molecule has 0 radical (unpaired) electrons. The number of rotatable bonds is 3. The monoisotopic (exact) mass is 388 g/mol. The maximum atomic E-state index is 14.5. The summed E-state index contributed by atoms with van der Waals surface area (Å²) in [6.45, 7) is 3.19. The quantitative estimate of drug-likeness (QED) is 0.874. The van der Waals surface area contributed by atoms with Crippen LogP contribution in [-0.2, 0) is 0 Å². The van der Waals surface area contributed by atoms with Gasteiger partial charge in [-0.25, -0.2) is 13.5 Å². The molecule has 0 unspecified atom stereocenters. The van der Waals surface area contributed by atoms with E-state index in [9.17, 15) is 13.6 Å². The van der Waals surface area contributed by atoms with E-state index in [1.807, 2.05) is 4.90 Å². The summed E-state index contributed by atoms with van der Waals surface area (Å²) in [5.41, 5.74) is 1.49. The van der Waals surface area contributed by atoms with Gasteiger partial charge in [0.2, 0.25) is 0 Å². The van der Waals surface area contributed by atoms with Gasteiger partial charge < -0.3 is 10.2 Å². The second-order valence-corrected chi connectivity index (χ2v) is 7.68. The second-order valence-electron chi connectivity index (χ2n) is 7.68. The Morgan fingerprint density at radius 2 is 1.79 bits per heavy atom. The molecule has 3 heterocycles. The number of hydrogen-bond acceptors (Lipinski definition) is 3. The van der Waals surface area contributed by atoms with Crippen molar-refractivity contribution in [3.63, 3.8) is 0 Å². The molecule has 1 amide bonds. The SMILES string of the molecule is O=C(c1cnn(-c2ccc(F)cc2F)c1C1CCNCC1)N1CCCCCC1. The molecule has 2 fully saturated rings. The van der Waals surface area contributed by atoms with Crippen LogP contribution in [-0.4, -0.2) is 46.8 Å². The lowest BCUT2D eigenvalue weighted by atomic mass is 9.91. The van der Waals surface area contributed by atoms with Crippen LogP contribution in [0.5, 0.6) is 0 Å². The van der Waals surface area contributed by atoms with Gasteiger partial charge in [0.1, 0.15) is 11.5 Å². The molecule has 0 aliphatic carbocycles. The molecule has 2 aliphatic rings. The van der Waals surface area contributed by atoms with Gasteiger partial charge in [0.05, 0.1) is 17.5 Å². The van der Waals surface area contributed by atoms with Gasteiger partial charge in [-0.1, -0.05) is 12.8 Å². The molecule has 4 rings (SSSR count). The Bertz CT molecular complexity index is 837. The van der Waals surface area contributed by atoms with E-state index in [2.05, 4.69) is 10.4 Å². The van der Waals surface area contributed by atoms with Crippen LogP contribution >= 0.6 is 0 Å². The van der Waals surface area contributed by atoms with Gasteiger partial charge >= 0.3 is 0 Å². The number of carbonyl (C=O) groups is 1. The third kappa shape index (κ3) is 3.81. The molecule has 2 aliphatic heterocycles. The third-order valence-corrected chi connectivity index (χ3v) is 5.79. The smallest absolute Gasteiger partial charge is 0.257 e. The Kier molecular flexibility index (Phi) is 5.71. The summed E-state index contributed by atoms with van der Waals surface area (Å²) in [6.07, 6.45) is 7.58. The van der Waals surface area contributed by atoms with Crippen molar-refractivity contribution in [3.05, 3.63) is 47.3 Å². The van der Waals surface area contributed by atoms with Crippen molar-refractivity contribution >= 4 is 5.91 Å². The molecule has 2 aromatic rings. The molecule has 0 saturated carbocycles. The number of amides is 1. The van der Waals surface area contributed by atoms with Gasteiger partial charge in [0.25, 0.3) is 5.91 Å². The lowest BCUT2D eigenvalue weighted by Gasteiger charge is -2.26. The molecule has 150 valence electrons. The molecule has 0 atom stereocenters. The van der Waals surface area contributed by atoms with Gasteiger partial charge in [-0.2, -0.15) is 5.10 Å². The minimum Gasteiger partial charge on any atom is -0.339 e. The summed E-state index contributed by atoms with van der Waals surface area (Å²) in [5, 5.41) is 7.70. The summed E-state index contributed by atoms with van der Waals surface area (Å²) >= 11 is 0. The standard InChI is InChI=1S/C21H26F2N4O/c22-16-5-6-19(18(23)13-16)27-20(15-7-9-24-10-8-15)17(14-25-27)21(28)26-11-3-1-2-4-12-26/h5-6,13-15,24H,1-4,7-12H2. The highest BCUT2D eigenvalue weighted by molar-refractivity contribution is 5.95. The second kappa shape index (κ2) is 8.39. The molecule has 1 N–H and O–H groups in total. The van der Waals surface area contributed by atoms with Gasteiger partial charge in [-0.15, -0.1) is 0 Å². The van der Waals surface area contributed by atoms with Crippen LogP contribution in [0, 0.1) is 11.6 Å². The van der Waals surface area contributed by atoms with E-state index < -0.39 is 11.6 Å². The lowest BCUT2D eigenvalue weighted by Crippen LogP contribution is -2.34. The number of carbonyl (C=O) groups excluding carboxylic acids is 1. The minimum atomic E-state index is -0.674. The summed E-state index contributed by atoms with van der Waals surface area (Å²) in [5.74, 6) is -1.21. The Morgan fingerprint density at radius 3 is 2.46 bits per heavy atom. The van der Waals surface area contributed by atoms with E-state index in [0.717, 1.165) is 76.5 Å². The normalized spacial score (nSPS) is 18.9. The van der Waals surface area contributed by atoms with Crippen molar-refractivity contribution in [2.24, 2.45) is 0 Å². The van der Waals surface area contributed by atoms with E-state index in [1.165, 1.54) is 16.8 Å². The van der Waals surface area contributed by atoms with Gasteiger partial charge in [0.15, 0.2) is 5.82 Å². The van der Waals surface area contributed by atoms with E-state index in [4.69, 9.17) is 0 Å².